The molecule has 0 radical (unpaired) electrons. The molecule has 1 aromatic rings. The molecule has 3 atom stereocenters. The van der Waals surface area contributed by atoms with Crippen LogP contribution >= 0.6 is 0 Å². The zero-order valence-electron chi connectivity index (χ0n) is 17.7. The summed E-state index contributed by atoms with van der Waals surface area (Å²) in [5.74, 6) is -2.01. The third-order valence-electron chi connectivity index (χ3n) is 4.74. The average molecular weight is 418 g/mol. The van der Waals surface area contributed by atoms with E-state index in [2.05, 4.69) is 11.9 Å². The van der Waals surface area contributed by atoms with Gasteiger partial charge in [0.1, 0.15) is 12.2 Å². The van der Waals surface area contributed by atoms with Crippen molar-refractivity contribution in [1.82, 2.24) is 10.2 Å². The van der Waals surface area contributed by atoms with Crippen molar-refractivity contribution >= 4 is 18.2 Å². The third kappa shape index (κ3) is 6.50. The van der Waals surface area contributed by atoms with Gasteiger partial charge < -0.3 is 24.8 Å². The van der Waals surface area contributed by atoms with Gasteiger partial charge in [0.05, 0.1) is 18.0 Å². The van der Waals surface area contributed by atoms with E-state index in [1.165, 1.54) is 11.0 Å². The quantitative estimate of drug-likeness (QED) is 0.656. The van der Waals surface area contributed by atoms with E-state index in [0.29, 0.717) is 6.42 Å². The van der Waals surface area contributed by atoms with E-state index < -0.39 is 41.8 Å². The molecule has 1 aliphatic heterocycles. The Morgan fingerprint density at radius 3 is 2.53 bits per heavy atom. The number of hydrogen-bond acceptors (Lipinski definition) is 5. The summed E-state index contributed by atoms with van der Waals surface area (Å²) in [5, 5.41) is 12.5. The van der Waals surface area contributed by atoms with Crippen LogP contribution in [0.4, 0.5) is 9.59 Å². The minimum absolute atomic E-state index is 0.0756. The van der Waals surface area contributed by atoms with Crippen LogP contribution in [0.15, 0.2) is 43.0 Å². The Kier molecular flexibility index (Phi) is 7.86. The van der Waals surface area contributed by atoms with Gasteiger partial charge in [0.25, 0.3) is 0 Å². The van der Waals surface area contributed by atoms with Gasteiger partial charge >= 0.3 is 18.2 Å². The highest BCUT2D eigenvalue weighted by atomic mass is 16.6. The lowest BCUT2D eigenvalue weighted by molar-refractivity contribution is -0.143. The van der Waals surface area contributed by atoms with Crippen molar-refractivity contribution in [3.8, 4) is 0 Å². The van der Waals surface area contributed by atoms with Gasteiger partial charge in [0, 0.05) is 6.54 Å². The zero-order chi connectivity index (χ0) is 22.3. The van der Waals surface area contributed by atoms with Crippen LogP contribution in [0.5, 0.6) is 0 Å². The molecule has 1 unspecified atom stereocenters. The number of nitrogens with one attached hydrogen (secondary N) is 1. The Balaban J connectivity index is 2.16. The number of alkyl carbamates (subject to hydrolysis) is 1. The van der Waals surface area contributed by atoms with Crippen molar-refractivity contribution in [3.05, 3.63) is 48.6 Å². The van der Waals surface area contributed by atoms with E-state index in [0.717, 1.165) is 5.56 Å². The second-order valence-corrected chi connectivity index (χ2v) is 8.23. The van der Waals surface area contributed by atoms with Gasteiger partial charge in [-0.25, -0.2) is 9.59 Å². The van der Waals surface area contributed by atoms with Crippen molar-refractivity contribution < 1.29 is 29.0 Å². The number of likely N-dealkylation sites (tertiary alicyclic amines) is 1. The maximum absolute atomic E-state index is 12.8. The van der Waals surface area contributed by atoms with E-state index in [4.69, 9.17) is 9.47 Å². The molecule has 2 N–H and O–H groups in total. The van der Waals surface area contributed by atoms with Gasteiger partial charge in [-0.1, -0.05) is 36.4 Å². The van der Waals surface area contributed by atoms with E-state index in [1.54, 1.807) is 20.8 Å². The second-order valence-electron chi connectivity index (χ2n) is 8.23. The molecule has 0 saturated carbocycles. The van der Waals surface area contributed by atoms with Crippen LogP contribution in [0.25, 0.3) is 0 Å². The number of ether oxygens (including phenoxy) is 2. The van der Waals surface area contributed by atoms with Crippen molar-refractivity contribution in [2.45, 2.75) is 57.9 Å². The van der Waals surface area contributed by atoms with Crippen LogP contribution < -0.4 is 5.32 Å². The maximum atomic E-state index is 12.8. The minimum atomic E-state index is -1.07. The summed E-state index contributed by atoms with van der Waals surface area (Å²) in [7, 11) is 0. The first kappa shape index (κ1) is 23.3. The molecule has 164 valence electrons. The molecule has 0 aromatic heterocycles. The van der Waals surface area contributed by atoms with Crippen LogP contribution in [0.2, 0.25) is 0 Å². The largest absolute Gasteiger partial charge is 0.481 e. The highest BCUT2D eigenvalue weighted by Crippen LogP contribution is 2.29. The van der Waals surface area contributed by atoms with Crippen molar-refractivity contribution in [2.75, 3.05) is 6.54 Å². The van der Waals surface area contributed by atoms with Crippen LogP contribution in [0.1, 0.15) is 39.2 Å². The third-order valence-corrected chi connectivity index (χ3v) is 4.74. The van der Waals surface area contributed by atoms with Crippen molar-refractivity contribution in [1.29, 1.82) is 0 Å². The number of benzene rings is 1. The first-order valence-corrected chi connectivity index (χ1v) is 9.93. The summed E-state index contributed by atoms with van der Waals surface area (Å²) in [6, 6.07) is 7.85. The molecule has 0 aliphatic carbocycles. The fourth-order valence-corrected chi connectivity index (χ4v) is 3.51. The lowest BCUT2D eigenvalue weighted by Crippen LogP contribution is -2.53. The number of aliphatic carboxylic acids is 1. The summed E-state index contributed by atoms with van der Waals surface area (Å²) in [6.45, 7) is 9.18. The molecule has 2 rings (SSSR count). The predicted octanol–water partition coefficient (Wildman–Crippen LogP) is 3.57. The Morgan fingerprint density at radius 1 is 1.30 bits per heavy atom. The summed E-state index contributed by atoms with van der Waals surface area (Å²) in [5.41, 5.74) is 0.130. The number of amides is 2. The first-order chi connectivity index (χ1) is 14.1. The number of nitrogens with zero attached hydrogens (tertiary/aromatic N) is 1. The van der Waals surface area contributed by atoms with E-state index in [9.17, 15) is 19.5 Å². The van der Waals surface area contributed by atoms with Crippen LogP contribution in [0.3, 0.4) is 0 Å². The molecule has 1 fully saturated rings. The van der Waals surface area contributed by atoms with Crippen LogP contribution in [-0.2, 0) is 20.9 Å². The molecule has 1 saturated heterocycles. The monoisotopic (exact) mass is 418 g/mol. The second kappa shape index (κ2) is 10.1. The predicted molar refractivity (Wildman–Crippen MR) is 111 cm³/mol. The molecule has 1 heterocycles. The molecular weight excluding hydrogens is 388 g/mol. The normalized spacial score (nSPS) is 19.6. The van der Waals surface area contributed by atoms with Gasteiger partial charge in [-0.15, -0.1) is 6.58 Å². The number of allylic oxidation sites excluding steroid dienone is 1. The Bertz CT molecular complexity index is 759. The number of carbonyl (C=O) groups is 3. The fraction of sp³-hybridized carbons (Fsp3) is 0.500. The van der Waals surface area contributed by atoms with Crippen molar-refractivity contribution in [2.24, 2.45) is 5.92 Å². The summed E-state index contributed by atoms with van der Waals surface area (Å²) in [4.78, 5) is 38.3. The Labute approximate surface area is 176 Å². The molecule has 30 heavy (non-hydrogen) atoms. The molecule has 1 aromatic carbocycles. The molecule has 1 aliphatic rings. The minimum Gasteiger partial charge on any atom is -0.481 e. The Morgan fingerprint density at radius 2 is 1.97 bits per heavy atom. The molecule has 0 spiro atoms. The first-order valence-electron chi connectivity index (χ1n) is 9.93. The number of carboxylic acids is 1. The van der Waals surface area contributed by atoms with Crippen LogP contribution in [0, 0.1) is 5.92 Å². The smallest absolute Gasteiger partial charge is 0.410 e. The number of hydrogen-bond donors (Lipinski definition) is 2. The van der Waals surface area contributed by atoms with Gasteiger partial charge in [0.2, 0.25) is 0 Å². The van der Waals surface area contributed by atoms with Gasteiger partial charge in [-0.3, -0.25) is 4.79 Å². The topological polar surface area (TPSA) is 105 Å². The Hall–Kier alpha value is -3.03. The van der Waals surface area contributed by atoms with E-state index in [1.807, 2.05) is 30.3 Å². The molecule has 2 amide bonds. The molecule has 8 nitrogen and oxygen atoms in total. The lowest BCUT2D eigenvalue weighted by atomic mass is 9.91. The SMILES string of the molecule is C=CCC(C(=O)O)[C@@H]1[C@@H](NC(=O)OC(C)(C)C)CCN1C(=O)OCc1ccccc1. The number of carboxylic acid groups (broad SMARTS) is 1. The van der Waals surface area contributed by atoms with Gasteiger partial charge in [0.15, 0.2) is 0 Å². The molecule has 8 heteroatoms. The standard InChI is InChI=1S/C22H30N2O6/c1-5-9-16(19(25)26)18-17(23-20(27)30-22(2,3)4)12-13-24(18)21(28)29-14-15-10-7-6-8-11-15/h5-8,10-11,16-18H,1,9,12-14H2,2-4H3,(H,23,27)(H,25,26)/t16?,17-,18+/m0/s1. The lowest BCUT2D eigenvalue weighted by Gasteiger charge is -2.32. The summed E-state index contributed by atoms with van der Waals surface area (Å²) in [6.07, 6.45) is 0.766. The van der Waals surface area contributed by atoms with E-state index in [-0.39, 0.29) is 19.6 Å². The summed E-state index contributed by atoms with van der Waals surface area (Å²) >= 11 is 0. The zero-order valence-corrected chi connectivity index (χ0v) is 17.7. The summed E-state index contributed by atoms with van der Waals surface area (Å²) < 4.78 is 10.7. The van der Waals surface area contributed by atoms with Crippen LogP contribution in [-0.4, -0.2) is 52.4 Å². The maximum Gasteiger partial charge on any atom is 0.410 e. The highest BCUT2D eigenvalue weighted by molar-refractivity contribution is 5.75. The van der Waals surface area contributed by atoms with E-state index >= 15 is 0 Å². The van der Waals surface area contributed by atoms with Crippen molar-refractivity contribution in [3.63, 3.8) is 0 Å². The van der Waals surface area contributed by atoms with Gasteiger partial charge in [-0.2, -0.15) is 0 Å². The molecule has 0 bridgehead atoms. The van der Waals surface area contributed by atoms with Gasteiger partial charge in [-0.05, 0) is 39.2 Å². The molecular formula is C22H30N2O6. The fourth-order valence-electron chi connectivity index (χ4n) is 3.51. The average Bonchev–Trinajstić information content (AvgIpc) is 3.06. The number of carbonyl (C=O) groups excluding carboxylic acids is 2. The highest BCUT2D eigenvalue weighted by Gasteiger charge is 2.46. The number of rotatable bonds is 7.